The Morgan fingerprint density at radius 3 is 1.89 bits per heavy atom. The number of carbonyl (C=O) groups excluding carboxylic acids is 1. The maximum absolute atomic E-state index is 11.8. The number of Topliss-reactive ketones (excluding diaryl/α,β-unsaturated/α-hetero) is 1. The molecule has 0 amide bonds. The van der Waals surface area contributed by atoms with Crippen molar-refractivity contribution in [2.24, 2.45) is 0 Å². The first kappa shape index (κ1) is 14.0. The second-order valence-corrected chi connectivity index (χ2v) is 5.57. The molecular weight excluding hydrogens is 300 g/mol. The first-order valence-corrected chi connectivity index (χ1v) is 7.33. The van der Waals surface area contributed by atoms with Crippen molar-refractivity contribution in [3.8, 4) is 0 Å². The fraction of sp³-hybridized carbons (Fsp3) is 0.235. The number of carbonyl (C=O) groups is 1. The van der Waals surface area contributed by atoms with Crippen LogP contribution in [-0.2, 0) is 17.6 Å². The summed E-state index contributed by atoms with van der Waals surface area (Å²) in [6.07, 6.45) is 2.95. The van der Waals surface area contributed by atoms with Gasteiger partial charge in [-0.25, -0.2) is 0 Å². The van der Waals surface area contributed by atoms with E-state index in [4.69, 9.17) is 0 Å². The third-order valence-electron chi connectivity index (χ3n) is 3.14. The van der Waals surface area contributed by atoms with Crippen LogP contribution in [0.25, 0.3) is 0 Å². The van der Waals surface area contributed by atoms with Crippen LogP contribution in [0.15, 0.2) is 59.1 Å². The van der Waals surface area contributed by atoms with Crippen LogP contribution in [0.1, 0.15) is 24.0 Å². The first-order valence-electron chi connectivity index (χ1n) is 6.54. The molecule has 0 aliphatic carbocycles. The smallest absolute Gasteiger partial charge is 0.133 e. The fourth-order valence-electron chi connectivity index (χ4n) is 1.99. The van der Waals surface area contributed by atoms with Crippen molar-refractivity contribution in [2.75, 3.05) is 0 Å². The minimum absolute atomic E-state index is 0.340. The number of benzene rings is 2. The molecule has 0 heterocycles. The molecule has 0 radical (unpaired) electrons. The average Bonchev–Trinajstić information content (AvgIpc) is 2.45. The Balaban J connectivity index is 1.74. The monoisotopic (exact) mass is 316 g/mol. The molecule has 0 saturated carbocycles. The lowest BCUT2D eigenvalue weighted by molar-refractivity contribution is -0.119. The normalized spacial score (nSPS) is 10.4. The molecule has 98 valence electrons. The molecule has 0 aromatic heterocycles. The predicted octanol–water partition coefficient (Wildman–Crippen LogP) is 4.58. The zero-order valence-corrected chi connectivity index (χ0v) is 12.4. The average molecular weight is 317 g/mol. The maximum atomic E-state index is 11.8. The van der Waals surface area contributed by atoms with Gasteiger partial charge in [0.15, 0.2) is 0 Å². The highest BCUT2D eigenvalue weighted by Crippen LogP contribution is 2.12. The van der Waals surface area contributed by atoms with E-state index in [2.05, 4.69) is 40.2 Å². The lowest BCUT2D eigenvalue weighted by Gasteiger charge is -2.03. The maximum Gasteiger partial charge on any atom is 0.133 e. The van der Waals surface area contributed by atoms with Crippen molar-refractivity contribution in [3.05, 3.63) is 70.2 Å². The van der Waals surface area contributed by atoms with Crippen molar-refractivity contribution in [1.82, 2.24) is 0 Å². The lowest BCUT2D eigenvalue weighted by Crippen LogP contribution is -2.02. The predicted molar refractivity (Wildman–Crippen MR) is 82.2 cm³/mol. The highest BCUT2D eigenvalue weighted by atomic mass is 79.9. The molecule has 2 heteroatoms. The van der Waals surface area contributed by atoms with E-state index in [9.17, 15) is 4.79 Å². The summed E-state index contributed by atoms with van der Waals surface area (Å²) < 4.78 is 1.08. The summed E-state index contributed by atoms with van der Waals surface area (Å²) in [4.78, 5) is 11.8. The summed E-state index contributed by atoms with van der Waals surface area (Å²) >= 11 is 3.41. The zero-order valence-electron chi connectivity index (χ0n) is 10.8. The van der Waals surface area contributed by atoms with E-state index in [-0.39, 0.29) is 0 Å². The summed E-state index contributed by atoms with van der Waals surface area (Å²) in [5, 5.41) is 0. The summed E-state index contributed by atoms with van der Waals surface area (Å²) in [5.74, 6) is 0.340. The molecule has 1 nitrogen and oxygen atoms in total. The topological polar surface area (TPSA) is 17.1 Å². The second-order valence-electron chi connectivity index (χ2n) is 4.65. The minimum atomic E-state index is 0.340. The molecule has 0 aliphatic rings. The number of hydrogen-bond acceptors (Lipinski definition) is 1. The number of aryl methyl sites for hydroxylation is 2. The Labute approximate surface area is 122 Å². The molecule has 0 saturated heterocycles. The third kappa shape index (κ3) is 4.99. The van der Waals surface area contributed by atoms with E-state index in [0.29, 0.717) is 18.6 Å². The van der Waals surface area contributed by atoms with Gasteiger partial charge in [0, 0.05) is 17.3 Å². The van der Waals surface area contributed by atoms with E-state index >= 15 is 0 Å². The Kier molecular flexibility index (Phi) is 5.34. The molecular formula is C17H17BrO. The summed E-state index contributed by atoms with van der Waals surface area (Å²) in [5.41, 5.74) is 2.45. The molecule has 19 heavy (non-hydrogen) atoms. The van der Waals surface area contributed by atoms with E-state index < -0.39 is 0 Å². The van der Waals surface area contributed by atoms with Gasteiger partial charge in [0.25, 0.3) is 0 Å². The van der Waals surface area contributed by atoms with Crippen LogP contribution in [0.3, 0.4) is 0 Å². The molecule has 0 spiro atoms. The molecule has 0 fully saturated rings. The van der Waals surface area contributed by atoms with Gasteiger partial charge in [-0.15, -0.1) is 0 Å². The Bertz CT molecular complexity index is 517. The van der Waals surface area contributed by atoms with Crippen molar-refractivity contribution in [1.29, 1.82) is 0 Å². The van der Waals surface area contributed by atoms with Gasteiger partial charge in [0.1, 0.15) is 5.78 Å². The first-order chi connectivity index (χ1) is 9.24. The van der Waals surface area contributed by atoms with Crippen LogP contribution in [0, 0.1) is 0 Å². The van der Waals surface area contributed by atoms with Crippen LogP contribution in [0.5, 0.6) is 0 Å². The van der Waals surface area contributed by atoms with Crippen LogP contribution in [-0.4, -0.2) is 5.78 Å². The standard InChI is InChI=1S/C17H17BrO/c18-16-10-6-15(7-11-16)9-13-17(19)12-8-14-4-2-1-3-5-14/h1-7,10-11H,8-9,12-13H2. The number of halogens is 1. The lowest BCUT2D eigenvalue weighted by atomic mass is 10.0. The van der Waals surface area contributed by atoms with Crippen molar-refractivity contribution in [2.45, 2.75) is 25.7 Å². The summed E-state index contributed by atoms with van der Waals surface area (Å²) in [7, 11) is 0. The highest BCUT2D eigenvalue weighted by Gasteiger charge is 2.03. The summed E-state index contributed by atoms with van der Waals surface area (Å²) in [6, 6.07) is 18.3. The van der Waals surface area contributed by atoms with Crippen LogP contribution in [0.2, 0.25) is 0 Å². The molecule has 0 bridgehead atoms. The van der Waals surface area contributed by atoms with Crippen LogP contribution < -0.4 is 0 Å². The molecule has 2 aromatic rings. The third-order valence-corrected chi connectivity index (χ3v) is 3.67. The quantitative estimate of drug-likeness (QED) is 0.762. The molecule has 0 N–H and O–H groups in total. The zero-order chi connectivity index (χ0) is 13.5. The molecule has 0 aliphatic heterocycles. The Morgan fingerprint density at radius 2 is 1.32 bits per heavy atom. The largest absolute Gasteiger partial charge is 0.300 e. The molecule has 2 rings (SSSR count). The number of ketones is 1. The minimum Gasteiger partial charge on any atom is -0.300 e. The number of hydrogen-bond donors (Lipinski definition) is 0. The van der Waals surface area contributed by atoms with Crippen molar-refractivity contribution >= 4 is 21.7 Å². The van der Waals surface area contributed by atoms with Gasteiger partial charge in [-0.05, 0) is 36.1 Å². The van der Waals surface area contributed by atoms with E-state index in [0.717, 1.165) is 17.3 Å². The van der Waals surface area contributed by atoms with Gasteiger partial charge in [-0.2, -0.15) is 0 Å². The fourth-order valence-corrected chi connectivity index (χ4v) is 2.25. The van der Waals surface area contributed by atoms with Gasteiger partial charge in [-0.1, -0.05) is 58.4 Å². The van der Waals surface area contributed by atoms with Gasteiger partial charge in [-0.3, -0.25) is 4.79 Å². The molecule has 0 atom stereocenters. The highest BCUT2D eigenvalue weighted by molar-refractivity contribution is 9.10. The van der Waals surface area contributed by atoms with Gasteiger partial charge in [0.05, 0.1) is 0 Å². The SMILES string of the molecule is O=C(CCc1ccccc1)CCc1ccc(Br)cc1. The van der Waals surface area contributed by atoms with Crippen LogP contribution in [0.4, 0.5) is 0 Å². The van der Waals surface area contributed by atoms with Crippen molar-refractivity contribution in [3.63, 3.8) is 0 Å². The van der Waals surface area contributed by atoms with Crippen molar-refractivity contribution < 1.29 is 4.79 Å². The van der Waals surface area contributed by atoms with E-state index in [1.165, 1.54) is 11.1 Å². The Morgan fingerprint density at radius 1 is 0.789 bits per heavy atom. The molecule has 2 aromatic carbocycles. The van der Waals surface area contributed by atoms with E-state index in [1.54, 1.807) is 0 Å². The van der Waals surface area contributed by atoms with Crippen LogP contribution >= 0.6 is 15.9 Å². The van der Waals surface area contributed by atoms with Gasteiger partial charge in [0.2, 0.25) is 0 Å². The molecule has 0 unspecified atom stereocenters. The Hall–Kier alpha value is -1.41. The van der Waals surface area contributed by atoms with Gasteiger partial charge >= 0.3 is 0 Å². The van der Waals surface area contributed by atoms with Gasteiger partial charge < -0.3 is 0 Å². The number of rotatable bonds is 6. The van der Waals surface area contributed by atoms with E-state index in [1.807, 2.05) is 30.3 Å². The summed E-state index contributed by atoms with van der Waals surface area (Å²) in [6.45, 7) is 0. The second kappa shape index (κ2) is 7.25.